The van der Waals surface area contributed by atoms with Gasteiger partial charge in [0.1, 0.15) is 0 Å². The Morgan fingerprint density at radius 1 is 1.37 bits per heavy atom. The lowest BCUT2D eigenvalue weighted by atomic mass is 10.1. The van der Waals surface area contributed by atoms with Gasteiger partial charge in [0.25, 0.3) is 0 Å². The van der Waals surface area contributed by atoms with Crippen molar-refractivity contribution in [1.82, 2.24) is 4.90 Å². The predicted molar refractivity (Wildman–Crippen MR) is 77.2 cm³/mol. The van der Waals surface area contributed by atoms with Crippen molar-refractivity contribution < 1.29 is 17.8 Å². The fourth-order valence-corrected chi connectivity index (χ4v) is 3.88. The molecule has 7 heteroatoms. The summed E-state index contributed by atoms with van der Waals surface area (Å²) in [5.74, 6) is 0. The van der Waals surface area contributed by atoms with Gasteiger partial charge >= 0.3 is 15.2 Å². The Balaban J connectivity index is 2.53. The second-order valence-corrected chi connectivity index (χ2v) is 6.96. The molecule has 1 aliphatic heterocycles. The average Bonchev–Trinajstić information content (AvgIpc) is 2.68. The van der Waals surface area contributed by atoms with Crippen LogP contribution < -0.4 is 0 Å². The Morgan fingerprint density at radius 3 is 2.58 bits per heavy atom. The van der Waals surface area contributed by atoms with Crippen LogP contribution in [-0.4, -0.2) is 34.9 Å². The largest absolute Gasteiger partial charge is 0.355 e. The van der Waals surface area contributed by atoms with E-state index >= 15 is 0 Å². The zero-order chi connectivity index (χ0) is 14.5. The quantitative estimate of drug-likeness (QED) is 0.575. The van der Waals surface area contributed by atoms with Gasteiger partial charge in [-0.3, -0.25) is 9.35 Å². The number of rotatable bonds is 7. The number of hydrogen-bond acceptors (Lipinski definition) is 5. The number of hydrogen-bond donors (Lipinski definition) is 1. The third-order valence-corrected chi connectivity index (χ3v) is 5.15. The van der Waals surface area contributed by atoms with Crippen LogP contribution in [0.3, 0.4) is 0 Å². The Kier molecular flexibility index (Phi) is 6.35. The molecule has 0 radical (unpaired) electrons. The van der Waals surface area contributed by atoms with Gasteiger partial charge in [0.15, 0.2) is 5.37 Å². The molecule has 0 aromatic carbocycles. The van der Waals surface area contributed by atoms with E-state index in [2.05, 4.69) is 6.92 Å². The monoisotopic (exact) mass is 307 g/mol. The summed E-state index contributed by atoms with van der Waals surface area (Å²) in [5.41, 5.74) is 0.877. The zero-order valence-corrected chi connectivity index (χ0v) is 13.0. The van der Waals surface area contributed by atoms with Gasteiger partial charge in [0.05, 0.1) is 0 Å². The van der Waals surface area contributed by atoms with Crippen LogP contribution in [0, 0.1) is 0 Å². The topological polar surface area (TPSA) is 74.7 Å². The fraction of sp³-hybridized carbons (Fsp3) is 0.750. The van der Waals surface area contributed by atoms with Crippen LogP contribution in [0.15, 0.2) is 11.1 Å². The van der Waals surface area contributed by atoms with Crippen LogP contribution in [0.25, 0.3) is 0 Å². The van der Waals surface area contributed by atoms with Crippen molar-refractivity contribution in [2.24, 2.45) is 0 Å². The average molecular weight is 307 g/mol. The molecule has 0 spiro atoms. The molecule has 0 fully saturated rings. The van der Waals surface area contributed by atoms with Gasteiger partial charge in [-0.05, 0) is 18.8 Å². The van der Waals surface area contributed by atoms with E-state index in [1.165, 1.54) is 12.8 Å². The maximum atomic E-state index is 11.6. The first-order valence-electron chi connectivity index (χ1n) is 6.48. The van der Waals surface area contributed by atoms with E-state index < -0.39 is 20.6 Å². The SMILES string of the molecule is CCCCCCCN1C(C)=CSC1C(=O)S(=O)(=O)O. The zero-order valence-electron chi connectivity index (χ0n) is 11.3. The molecule has 0 aromatic rings. The summed E-state index contributed by atoms with van der Waals surface area (Å²) in [6.07, 6.45) is 5.49. The van der Waals surface area contributed by atoms with Crippen LogP contribution in [-0.2, 0) is 14.9 Å². The molecule has 0 amide bonds. The lowest BCUT2D eigenvalue weighted by molar-refractivity contribution is -0.113. The van der Waals surface area contributed by atoms with Crippen molar-refractivity contribution >= 4 is 27.0 Å². The van der Waals surface area contributed by atoms with E-state index in [0.29, 0.717) is 6.54 Å². The van der Waals surface area contributed by atoms with Crippen LogP contribution in [0.4, 0.5) is 0 Å². The first kappa shape index (κ1) is 16.5. The standard InChI is InChI=1S/C12H21NO4S2/c1-3-4-5-6-7-8-13-10(2)9-18-11(13)12(14)19(15,16)17/h9,11H,3-8H2,1-2H3,(H,15,16,17). The second-order valence-electron chi connectivity index (χ2n) is 4.65. The molecular weight excluding hydrogens is 286 g/mol. The molecule has 1 aliphatic rings. The first-order valence-corrected chi connectivity index (χ1v) is 8.86. The molecule has 5 nitrogen and oxygen atoms in total. The van der Waals surface area contributed by atoms with E-state index in [0.717, 1.165) is 36.7 Å². The molecule has 0 aliphatic carbocycles. The molecule has 0 bridgehead atoms. The fourth-order valence-electron chi connectivity index (χ4n) is 1.98. The molecule has 1 N–H and O–H groups in total. The highest BCUT2D eigenvalue weighted by Gasteiger charge is 2.37. The minimum atomic E-state index is -4.62. The predicted octanol–water partition coefficient (Wildman–Crippen LogP) is 2.61. The number of allylic oxidation sites excluding steroid dienone is 1. The molecule has 110 valence electrons. The van der Waals surface area contributed by atoms with Crippen molar-refractivity contribution in [2.75, 3.05) is 6.54 Å². The minimum absolute atomic E-state index is 0.644. The van der Waals surface area contributed by atoms with Gasteiger partial charge in [-0.25, -0.2) is 0 Å². The number of thioether (sulfide) groups is 1. The molecule has 19 heavy (non-hydrogen) atoms. The van der Waals surface area contributed by atoms with Crippen LogP contribution in [0.1, 0.15) is 46.0 Å². The van der Waals surface area contributed by atoms with Gasteiger partial charge in [-0.2, -0.15) is 8.42 Å². The van der Waals surface area contributed by atoms with Crippen LogP contribution in [0.2, 0.25) is 0 Å². The van der Waals surface area contributed by atoms with Crippen molar-refractivity contribution in [3.63, 3.8) is 0 Å². The number of carbonyl (C=O) groups is 1. The Hall–Kier alpha value is -0.530. The summed E-state index contributed by atoms with van der Waals surface area (Å²) < 4.78 is 30.7. The van der Waals surface area contributed by atoms with Gasteiger partial charge in [0.2, 0.25) is 0 Å². The third kappa shape index (κ3) is 4.81. The minimum Gasteiger partial charge on any atom is -0.355 e. The summed E-state index contributed by atoms with van der Waals surface area (Å²) in [6.45, 7) is 4.63. The van der Waals surface area contributed by atoms with Crippen molar-refractivity contribution in [2.45, 2.75) is 51.3 Å². The van der Waals surface area contributed by atoms with E-state index in [1.807, 2.05) is 6.92 Å². The number of unbranched alkanes of at least 4 members (excludes halogenated alkanes) is 4. The molecule has 1 atom stereocenters. The highest BCUT2D eigenvalue weighted by Crippen LogP contribution is 2.32. The molecule has 1 heterocycles. The maximum absolute atomic E-state index is 11.6. The highest BCUT2D eigenvalue weighted by molar-refractivity contribution is 8.08. The second kappa shape index (κ2) is 7.31. The Labute approximate surface area is 119 Å². The summed E-state index contributed by atoms with van der Waals surface area (Å²) in [6, 6.07) is 0. The van der Waals surface area contributed by atoms with Gasteiger partial charge in [-0.15, -0.1) is 0 Å². The van der Waals surface area contributed by atoms with Crippen LogP contribution in [0.5, 0.6) is 0 Å². The van der Waals surface area contributed by atoms with Crippen molar-refractivity contribution in [3.8, 4) is 0 Å². The highest BCUT2D eigenvalue weighted by atomic mass is 32.2. The number of nitrogens with zero attached hydrogens (tertiary/aromatic N) is 1. The summed E-state index contributed by atoms with van der Waals surface area (Å²) in [4.78, 5) is 13.4. The molecule has 1 rings (SSSR count). The molecule has 0 saturated heterocycles. The molecule has 0 aromatic heterocycles. The van der Waals surface area contributed by atoms with E-state index in [9.17, 15) is 13.2 Å². The molecular formula is C12H21NO4S2. The van der Waals surface area contributed by atoms with Crippen molar-refractivity contribution in [3.05, 3.63) is 11.1 Å². The van der Waals surface area contributed by atoms with Crippen molar-refractivity contribution in [1.29, 1.82) is 0 Å². The van der Waals surface area contributed by atoms with Gasteiger partial charge < -0.3 is 4.90 Å². The van der Waals surface area contributed by atoms with E-state index in [4.69, 9.17) is 4.55 Å². The Morgan fingerprint density at radius 2 is 2.00 bits per heavy atom. The molecule has 0 saturated carbocycles. The Bertz CT molecular complexity index is 445. The maximum Gasteiger partial charge on any atom is 0.331 e. The van der Waals surface area contributed by atoms with Crippen LogP contribution >= 0.6 is 11.8 Å². The lowest BCUT2D eigenvalue weighted by Gasteiger charge is -2.25. The first-order chi connectivity index (χ1) is 8.88. The van der Waals surface area contributed by atoms with E-state index in [1.54, 1.807) is 10.3 Å². The molecule has 1 unspecified atom stereocenters. The van der Waals surface area contributed by atoms with Gasteiger partial charge in [-0.1, -0.05) is 44.4 Å². The van der Waals surface area contributed by atoms with Gasteiger partial charge in [0, 0.05) is 12.2 Å². The number of carbonyl (C=O) groups excluding carboxylic acids is 1. The van der Waals surface area contributed by atoms with E-state index in [-0.39, 0.29) is 0 Å². The summed E-state index contributed by atoms with van der Waals surface area (Å²) >= 11 is 1.14. The lowest BCUT2D eigenvalue weighted by Crippen LogP contribution is -2.38. The smallest absolute Gasteiger partial charge is 0.331 e. The summed E-state index contributed by atoms with van der Waals surface area (Å²) in [5, 5.41) is -0.194. The summed E-state index contributed by atoms with van der Waals surface area (Å²) in [7, 11) is -4.62. The normalized spacial score (nSPS) is 19.6. The third-order valence-electron chi connectivity index (χ3n) is 3.06.